The topological polar surface area (TPSA) is 88.4 Å². The number of benzene rings is 1. The maximum Gasteiger partial charge on any atom is 0.244 e. The Morgan fingerprint density at radius 2 is 2.15 bits per heavy atom. The zero-order chi connectivity index (χ0) is 19.4. The van der Waals surface area contributed by atoms with Crippen molar-refractivity contribution < 1.29 is 17.6 Å². The van der Waals surface area contributed by atoms with Crippen molar-refractivity contribution in [2.24, 2.45) is 0 Å². The van der Waals surface area contributed by atoms with E-state index in [0.717, 1.165) is 6.07 Å². The van der Waals surface area contributed by atoms with E-state index in [0.29, 0.717) is 32.4 Å². The lowest BCUT2D eigenvalue weighted by Gasteiger charge is -2.26. The summed E-state index contributed by atoms with van der Waals surface area (Å²) in [5, 5.41) is 3.93. The molecule has 3 rings (SSSR count). The van der Waals surface area contributed by atoms with Crippen LogP contribution in [-0.4, -0.2) is 64.5 Å². The normalized spacial score (nSPS) is 18.5. The molecule has 10 heteroatoms. The number of aromatic nitrogens is 3. The number of likely N-dealkylation sites (tertiary alicyclic amines) is 1. The molecule has 0 saturated carbocycles. The van der Waals surface area contributed by atoms with Crippen molar-refractivity contribution in [1.29, 1.82) is 0 Å². The Morgan fingerprint density at radius 3 is 2.85 bits per heavy atom. The average Bonchev–Trinajstić information content (AvgIpc) is 3.02. The van der Waals surface area contributed by atoms with Crippen molar-refractivity contribution >= 4 is 15.9 Å². The van der Waals surface area contributed by atoms with Gasteiger partial charge in [0.15, 0.2) is 0 Å². The van der Waals surface area contributed by atoms with Gasteiger partial charge in [0.05, 0.1) is 4.90 Å². The van der Waals surface area contributed by atoms with Gasteiger partial charge in [-0.3, -0.25) is 4.79 Å². The number of sulfonamides is 1. The monoisotopic (exact) mass is 395 g/mol. The summed E-state index contributed by atoms with van der Waals surface area (Å²) in [7, 11) is -2.28. The average molecular weight is 395 g/mol. The van der Waals surface area contributed by atoms with E-state index in [1.807, 2.05) is 0 Å². The van der Waals surface area contributed by atoms with Gasteiger partial charge in [-0.15, -0.1) is 0 Å². The highest BCUT2D eigenvalue weighted by molar-refractivity contribution is 7.89. The van der Waals surface area contributed by atoms with Crippen molar-refractivity contribution in [3.05, 3.63) is 42.7 Å². The minimum atomic E-state index is -3.79. The van der Waals surface area contributed by atoms with Crippen LogP contribution in [0.15, 0.2) is 41.8 Å². The van der Waals surface area contributed by atoms with Crippen LogP contribution in [0.1, 0.15) is 19.3 Å². The molecule has 2 heterocycles. The Hall–Kier alpha value is -2.33. The van der Waals surface area contributed by atoms with E-state index in [4.69, 9.17) is 0 Å². The second-order valence-electron chi connectivity index (χ2n) is 6.54. The summed E-state index contributed by atoms with van der Waals surface area (Å²) in [6.45, 7) is 1.14. The maximum absolute atomic E-state index is 13.4. The minimum absolute atomic E-state index is 0.0617. The van der Waals surface area contributed by atoms with E-state index in [-0.39, 0.29) is 23.4 Å². The Balaban J connectivity index is 1.65. The molecule has 0 N–H and O–H groups in total. The summed E-state index contributed by atoms with van der Waals surface area (Å²) in [4.78, 5) is 17.9. The van der Waals surface area contributed by atoms with E-state index in [2.05, 4.69) is 10.1 Å². The van der Waals surface area contributed by atoms with Gasteiger partial charge in [-0.05, 0) is 37.5 Å². The standard InChI is InChI=1S/C17H22FN5O3S/c1-21(27(25,26)16-6-2-4-14(18)10-16)15-5-3-8-22(9-7-15)17(24)11-23-13-19-12-20-23/h2,4,6,10,12-13,15H,3,5,7-9,11H2,1H3/t15-/m1/s1. The van der Waals surface area contributed by atoms with Gasteiger partial charge < -0.3 is 4.90 Å². The van der Waals surface area contributed by atoms with E-state index >= 15 is 0 Å². The lowest BCUT2D eigenvalue weighted by atomic mass is 10.1. The van der Waals surface area contributed by atoms with Crippen molar-refractivity contribution in [3.63, 3.8) is 0 Å². The molecule has 0 radical (unpaired) electrons. The van der Waals surface area contributed by atoms with Crippen LogP contribution in [0.2, 0.25) is 0 Å². The second kappa shape index (κ2) is 8.13. The molecule has 1 atom stereocenters. The molecular weight excluding hydrogens is 373 g/mol. The molecule has 1 saturated heterocycles. The SMILES string of the molecule is CN([C@@H]1CCCN(C(=O)Cn2cncn2)CC1)S(=O)(=O)c1cccc(F)c1. The van der Waals surface area contributed by atoms with Crippen LogP contribution in [0, 0.1) is 5.82 Å². The first-order chi connectivity index (χ1) is 12.9. The first kappa shape index (κ1) is 19.4. The van der Waals surface area contributed by atoms with Gasteiger partial charge in [-0.2, -0.15) is 9.40 Å². The lowest BCUT2D eigenvalue weighted by Crippen LogP contribution is -2.39. The van der Waals surface area contributed by atoms with Crippen LogP contribution >= 0.6 is 0 Å². The third kappa shape index (κ3) is 4.51. The quantitative estimate of drug-likeness (QED) is 0.757. The molecule has 1 fully saturated rings. The zero-order valence-electron chi connectivity index (χ0n) is 15.0. The van der Waals surface area contributed by atoms with E-state index in [1.54, 1.807) is 4.90 Å². The number of carbonyl (C=O) groups excluding carboxylic acids is 1. The van der Waals surface area contributed by atoms with Gasteiger partial charge in [0.25, 0.3) is 0 Å². The van der Waals surface area contributed by atoms with Gasteiger partial charge in [0.2, 0.25) is 15.9 Å². The summed E-state index contributed by atoms with van der Waals surface area (Å²) in [5.41, 5.74) is 0. The smallest absolute Gasteiger partial charge is 0.244 e. The summed E-state index contributed by atoms with van der Waals surface area (Å²) in [6.07, 6.45) is 4.71. The van der Waals surface area contributed by atoms with Crippen molar-refractivity contribution in [2.45, 2.75) is 36.7 Å². The lowest BCUT2D eigenvalue weighted by molar-refractivity contribution is -0.132. The van der Waals surface area contributed by atoms with Crippen LogP contribution in [0.3, 0.4) is 0 Å². The first-order valence-corrected chi connectivity index (χ1v) is 10.2. The fourth-order valence-electron chi connectivity index (χ4n) is 3.23. The van der Waals surface area contributed by atoms with Crippen molar-refractivity contribution in [3.8, 4) is 0 Å². The molecule has 146 valence electrons. The Labute approximate surface area is 157 Å². The maximum atomic E-state index is 13.4. The molecule has 2 aromatic rings. The van der Waals surface area contributed by atoms with Crippen LogP contribution in [0.4, 0.5) is 4.39 Å². The predicted molar refractivity (Wildman–Crippen MR) is 95.6 cm³/mol. The number of rotatable bonds is 5. The molecule has 8 nitrogen and oxygen atoms in total. The predicted octanol–water partition coefficient (Wildman–Crippen LogP) is 1.12. The fourth-order valence-corrected chi connectivity index (χ4v) is 4.68. The number of nitrogens with zero attached hydrogens (tertiary/aromatic N) is 5. The number of hydrogen-bond donors (Lipinski definition) is 0. The highest BCUT2D eigenvalue weighted by Gasteiger charge is 2.30. The molecular formula is C17H22FN5O3S. The van der Waals surface area contributed by atoms with Gasteiger partial charge in [-0.1, -0.05) is 6.07 Å². The third-order valence-corrected chi connectivity index (χ3v) is 6.71. The number of carbonyl (C=O) groups is 1. The van der Waals surface area contributed by atoms with E-state index in [9.17, 15) is 17.6 Å². The van der Waals surface area contributed by atoms with E-state index in [1.165, 1.54) is 46.9 Å². The number of amides is 1. The van der Waals surface area contributed by atoms with Crippen LogP contribution in [-0.2, 0) is 21.4 Å². The van der Waals surface area contributed by atoms with Crippen molar-refractivity contribution in [2.75, 3.05) is 20.1 Å². The molecule has 0 spiro atoms. The largest absolute Gasteiger partial charge is 0.341 e. The van der Waals surface area contributed by atoms with Crippen LogP contribution < -0.4 is 0 Å². The van der Waals surface area contributed by atoms with Crippen molar-refractivity contribution in [1.82, 2.24) is 24.0 Å². The fraction of sp³-hybridized carbons (Fsp3) is 0.471. The molecule has 1 aliphatic heterocycles. The van der Waals surface area contributed by atoms with Gasteiger partial charge in [0, 0.05) is 26.2 Å². The highest BCUT2D eigenvalue weighted by atomic mass is 32.2. The molecule has 1 aliphatic rings. The van der Waals surface area contributed by atoms with E-state index < -0.39 is 15.8 Å². The molecule has 27 heavy (non-hydrogen) atoms. The molecule has 1 amide bonds. The number of halogens is 1. The van der Waals surface area contributed by atoms with Crippen LogP contribution in [0.25, 0.3) is 0 Å². The Bertz CT molecular complexity index is 888. The first-order valence-electron chi connectivity index (χ1n) is 8.72. The Kier molecular flexibility index (Phi) is 5.85. The zero-order valence-corrected chi connectivity index (χ0v) is 15.8. The molecule has 0 unspecified atom stereocenters. The Morgan fingerprint density at radius 1 is 1.33 bits per heavy atom. The highest BCUT2D eigenvalue weighted by Crippen LogP contribution is 2.23. The molecule has 1 aromatic heterocycles. The molecule has 1 aromatic carbocycles. The minimum Gasteiger partial charge on any atom is -0.341 e. The van der Waals surface area contributed by atoms with Gasteiger partial charge >= 0.3 is 0 Å². The molecule has 0 aliphatic carbocycles. The second-order valence-corrected chi connectivity index (χ2v) is 8.53. The molecule has 0 bridgehead atoms. The summed E-state index contributed by atoms with van der Waals surface area (Å²) < 4.78 is 41.8. The summed E-state index contributed by atoms with van der Waals surface area (Å²) in [5.74, 6) is -0.660. The summed E-state index contributed by atoms with van der Waals surface area (Å²) >= 11 is 0. The van der Waals surface area contributed by atoms with Gasteiger partial charge in [-0.25, -0.2) is 22.5 Å². The summed E-state index contributed by atoms with van der Waals surface area (Å²) in [6, 6.07) is 4.76. The number of hydrogen-bond acceptors (Lipinski definition) is 5. The van der Waals surface area contributed by atoms with Crippen LogP contribution in [0.5, 0.6) is 0 Å². The van der Waals surface area contributed by atoms with Gasteiger partial charge in [0.1, 0.15) is 25.0 Å². The third-order valence-electron chi connectivity index (χ3n) is 4.80.